The summed E-state index contributed by atoms with van der Waals surface area (Å²) in [4.78, 5) is 46.9. The van der Waals surface area contributed by atoms with Crippen molar-refractivity contribution in [2.24, 2.45) is 0 Å². The molecule has 4 aromatic rings. The quantitative estimate of drug-likeness (QED) is 0.216. The highest BCUT2D eigenvalue weighted by atomic mass is 35.5. The van der Waals surface area contributed by atoms with E-state index in [-0.39, 0.29) is 18.9 Å². The van der Waals surface area contributed by atoms with Crippen LogP contribution in [0.25, 0.3) is 5.82 Å². The van der Waals surface area contributed by atoms with Crippen LogP contribution in [0.3, 0.4) is 0 Å². The van der Waals surface area contributed by atoms with Gasteiger partial charge in [-0.05, 0) is 44.5 Å². The summed E-state index contributed by atoms with van der Waals surface area (Å²) in [6, 6.07) is 13.9. The number of carbonyl (C=O) groups is 2. The van der Waals surface area contributed by atoms with Gasteiger partial charge in [-0.1, -0.05) is 35.4 Å². The molecule has 0 amide bonds. The van der Waals surface area contributed by atoms with Crippen LogP contribution in [0, 0.1) is 13.8 Å². The summed E-state index contributed by atoms with van der Waals surface area (Å²) in [5.41, 5.74) is 2.81. The van der Waals surface area contributed by atoms with Gasteiger partial charge in [-0.3, -0.25) is 4.57 Å². The Morgan fingerprint density at radius 3 is 2.29 bits per heavy atom. The highest BCUT2D eigenvalue weighted by Gasteiger charge is 2.40. The molecule has 1 aliphatic heterocycles. The highest BCUT2D eigenvalue weighted by Crippen LogP contribution is 2.31. The maximum absolute atomic E-state index is 13.1. The van der Waals surface area contributed by atoms with Crippen molar-refractivity contribution in [2.45, 2.75) is 45.1 Å². The second-order valence-corrected chi connectivity index (χ2v) is 10.1. The fourth-order valence-corrected chi connectivity index (χ4v) is 4.68. The van der Waals surface area contributed by atoms with E-state index in [4.69, 9.17) is 25.8 Å². The molecule has 0 bridgehead atoms. The number of esters is 2. The summed E-state index contributed by atoms with van der Waals surface area (Å²) in [5, 5.41) is 4.07. The predicted molar refractivity (Wildman–Crippen MR) is 148 cm³/mol. The molecule has 0 aliphatic carbocycles. The maximum atomic E-state index is 13.1. The Bertz CT molecular complexity index is 1570. The van der Waals surface area contributed by atoms with Gasteiger partial charge in [0, 0.05) is 24.1 Å². The van der Waals surface area contributed by atoms with Gasteiger partial charge in [-0.2, -0.15) is 10.1 Å². The zero-order valence-corrected chi connectivity index (χ0v) is 23.2. The van der Waals surface area contributed by atoms with E-state index in [0.29, 0.717) is 28.9 Å². The molecule has 2 aromatic heterocycles. The van der Waals surface area contributed by atoms with Crippen LogP contribution in [-0.2, 0) is 20.6 Å². The van der Waals surface area contributed by atoms with Crippen molar-refractivity contribution in [1.29, 1.82) is 0 Å². The number of ether oxygens (including phenoxy) is 3. The number of carbonyl (C=O) groups excluding carboxylic acids is 2. The number of alkyl halides is 1. The van der Waals surface area contributed by atoms with Crippen LogP contribution < -0.4 is 5.69 Å². The van der Waals surface area contributed by atoms with Crippen LogP contribution in [0.4, 0.5) is 0 Å². The zero-order chi connectivity index (χ0) is 28.9. The summed E-state index contributed by atoms with van der Waals surface area (Å²) in [5.74, 6) is -0.500. The van der Waals surface area contributed by atoms with Gasteiger partial charge in [0.25, 0.3) is 0 Å². The Balaban J connectivity index is 1.39. The number of aryl methyl sites for hydroxylation is 3. The Morgan fingerprint density at radius 1 is 1.02 bits per heavy atom. The Kier molecular flexibility index (Phi) is 8.55. The SMILES string of the molecule is Cc1ccc(C(=O)OC[C@H]2O[C@@H](n3cc(CCCl)c(-n4cncn4)nc3=O)C[C@@H]2OC(=O)c2ccc(C)cc2)cc1. The average Bonchev–Trinajstić information content (AvgIpc) is 3.64. The number of hydrogen-bond donors (Lipinski definition) is 0. The normalized spacial score (nSPS) is 18.3. The molecule has 212 valence electrons. The third-order valence-electron chi connectivity index (χ3n) is 6.71. The monoisotopic (exact) mass is 577 g/mol. The molecule has 3 heterocycles. The van der Waals surface area contributed by atoms with Gasteiger partial charge in [-0.25, -0.2) is 24.0 Å². The molecule has 0 saturated carbocycles. The molecule has 0 N–H and O–H groups in total. The molecule has 2 aromatic carbocycles. The molecule has 1 fully saturated rings. The first kappa shape index (κ1) is 28.2. The number of benzene rings is 2. The van der Waals surface area contributed by atoms with E-state index < -0.39 is 36.1 Å². The van der Waals surface area contributed by atoms with Crippen LogP contribution >= 0.6 is 11.6 Å². The van der Waals surface area contributed by atoms with Crippen LogP contribution in [0.15, 0.2) is 72.2 Å². The van der Waals surface area contributed by atoms with Crippen LogP contribution in [-0.4, -0.2) is 60.9 Å². The van der Waals surface area contributed by atoms with E-state index in [2.05, 4.69) is 15.1 Å². The molecule has 41 heavy (non-hydrogen) atoms. The second-order valence-electron chi connectivity index (χ2n) is 9.70. The lowest BCUT2D eigenvalue weighted by atomic mass is 10.1. The number of halogens is 1. The lowest BCUT2D eigenvalue weighted by Gasteiger charge is -2.19. The first-order valence-electron chi connectivity index (χ1n) is 13.0. The van der Waals surface area contributed by atoms with Gasteiger partial charge < -0.3 is 14.2 Å². The fraction of sp³-hybridized carbons (Fsp3) is 0.310. The smallest absolute Gasteiger partial charge is 0.351 e. The lowest BCUT2D eigenvalue weighted by molar-refractivity contribution is -0.0582. The van der Waals surface area contributed by atoms with E-state index in [1.54, 1.807) is 30.5 Å². The molecule has 3 atom stereocenters. The molecule has 1 aliphatic rings. The number of nitrogens with zero attached hydrogens (tertiary/aromatic N) is 5. The third-order valence-corrected chi connectivity index (χ3v) is 6.90. The van der Waals surface area contributed by atoms with Gasteiger partial charge in [0.15, 0.2) is 5.82 Å². The van der Waals surface area contributed by atoms with Crippen molar-refractivity contribution < 1.29 is 23.8 Å². The Hall–Kier alpha value is -4.35. The second kappa shape index (κ2) is 12.4. The van der Waals surface area contributed by atoms with E-state index in [9.17, 15) is 14.4 Å². The summed E-state index contributed by atoms with van der Waals surface area (Å²) in [6.45, 7) is 3.65. The van der Waals surface area contributed by atoms with Crippen molar-refractivity contribution >= 4 is 23.5 Å². The minimum atomic E-state index is -0.840. The zero-order valence-electron chi connectivity index (χ0n) is 22.5. The molecule has 0 radical (unpaired) electrons. The topological polar surface area (TPSA) is 127 Å². The summed E-state index contributed by atoms with van der Waals surface area (Å²) in [6.07, 6.45) is 2.45. The van der Waals surface area contributed by atoms with Crippen molar-refractivity contribution in [3.63, 3.8) is 0 Å². The van der Waals surface area contributed by atoms with Gasteiger partial charge in [0.1, 0.15) is 37.7 Å². The molecular formula is C29H28ClN5O6. The lowest BCUT2D eigenvalue weighted by Crippen LogP contribution is -2.32. The molecular weight excluding hydrogens is 550 g/mol. The van der Waals surface area contributed by atoms with Gasteiger partial charge >= 0.3 is 17.6 Å². The van der Waals surface area contributed by atoms with E-state index in [1.807, 2.05) is 38.1 Å². The van der Waals surface area contributed by atoms with Crippen molar-refractivity contribution in [3.8, 4) is 5.82 Å². The average molecular weight is 578 g/mol. The summed E-state index contributed by atoms with van der Waals surface area (Å²) in [7, 11) is 0. The van der Waals surface area contributed by atoms with Crippen LogP contribution in [0.5, 0.6) is 0 Å². The third kappa shape index (κ3) is 6.53. The van der Waals surface area contributed by atoms with Gasteiger partial charge in [0.2, 0.25) is 0 Å². The maximum Gasteiger partial charge on any atom is 0.351 e. The first-order valence-corrected chi connectivity index (χ1v) is 13.6. The fourth-order valence-electron chi connectivity index (χ4n) is 4.47. The van der Waals surface area contributed by atoms with Crippen LogP contribution in [0.1, 0.15) is 50.1 Å². The van der Waals surface area contributed by atoms with Crippen LogP contribution in [0.2, 0.25) is 0 Å². The van der Waals surface area contributed by atoms with Crippen molar-refractivity contribution in [2.75, 3.05) is 12.5 Å². The van der Waals surface area contributed by atoms with Crippen molar-refractivity contribution in [3.05, 3.63) is 106 Å². The van der Waals surface area contributed by atoms with E-state index in [0.717, 1.165) is 11.1 Å². The largest absolute Gasteiger partial charge is 0.459 e. The summed E-state index contributed by atoms with van der Waals surface area (Å²) < 4.78 is 20.2. The van der Waals surface area contributed by atoms with Gasteiger partial charge in [0.05, 0.1) is 11.1 Å². The van der Waals surface area contributed by atoms with Gasteiger partial charge in [-0.15, -0.1) is 11.6 Å². The molecule has 0 spiro atoms. The predicted octanol–water partition coefficient (Wildman–Crippen LogP) is 3.59. The molecule has 11 nitrogen and oxygen atoms in total. The van der Waals surface area contributed by atoms with E-state index >= 15 is 0 Å². The minimum Gasteiger partial charge on any atom is -0.459 e. The molecule has 5 rings (SSSR count). The number of hydrogen-bond acceptors (Lipinski definition) is 9. The molecule has 0 unspecified atom stereocenters. The molecule has 12 heteroatoms. The highest BCUT2D eigenvalue weighted by molar-refractivity contribution is 6.18. The van der Waals surface area contributed by atoms with Crippen molar-refractivity contribution in [1.82, 2.24) is 24.3 Å². The molecule has 1 saturated heterocycles. The minimum absolute atomic E-state index is 0.134. The Labute approximate surface area is 240 Å². The Morgan fingerprint density at radius 2 is 1.68 bits per heavy atom. The van der Waals surface area contributed by atoms with E-state index in [1.165, 1.54) is 21.9 Å². The number of aromatic nitrogens is 5. The number of rotatable bonds is 9. The standard InChI is InChI=1S/C29H28ClN5O6/c1-18-3-7-20(8-4-18)27(36)39-15-24-23(41-28(37)21-9-5-19(2)6-10-21)13-25(40-24)34-14-22(11-12-30)26(33-29(34)38)35-17-31-16-32-35/h3-10,14,16-17,23-25H,11-13,15H2,1-2H3/t23-,24+,25+/m0/s1. The summed E-state index contributed by atoms with van der Waals surface area (Å²) >= 11 is 6.03. The first-order chi connectivity index (χ1) is 19.8.